The van der Waals surface area contributed by atoms with Crippen molar-refractivity contribution < 1.29 is 19.1 Å². The van der Waals surface area contributed by atoms with Crippen LogP contribution in [0.2, 0.25) is 0 Å². The molecule has 1 aliphatic heterocycles. The van der Waals surface area contributed by atoms with Crippen LogP contribution < -0.4 is 20.7 Å². The van der Waals surface area contributed by atoms with E-state index in [1.54, 1.807) is 19.2 Å². The minimum absolute atomic E-state index is 0.0965. The Balaban J connectivity index is 1.71. The van der Waals surface area contributed by atoms with Gasteiger partial charge in [-0.1, -0.05) is 19.9 Å². The van der Waals surface area contributed by atoms with E-state index in [9.17, 15) is 19.6 Å². The van der Waals surface area contributed by atoms with Gasteiger partial charge in [0.15, 0.2) is 0 Å². The molecule has 9 nitrogen and oxygen atoms in total. The third kappa shape index (κ3) is 5.38. The SMILES string of the molecule is COc1cccc2[nH]c(C(=O)N[C@@H](CC(C)C)C(=O)N[C@H](C#N)C[C@@H]3CCNC3=O)cc12. The average Bonchev–Trinajstić information content (AvgIpc) is 3.38. The van der Waals surface area contributed by atoms with Gasteiger partial charge in [-0.3, -0.25) is 14.4 Å². The molecule has 1 aromatic heterocycles. The number of ether oxygens (including phenoxy) is 1. The van der Waals surface area contributed by atoms with Crippen molar-refractivity contribution in [3.8, 4) is 11.8 Å². The number of H-pyrrole nitrogens is 1. The zero-order chi connectivity index (χ0) is 23.3. The maximum Gasteiger partial charge on any atom is 0.268 e. The fraction of sp³-hybridized carbons (Fsp3) is 0.478. The molecule has 0 unspecified atom stereocenters. The van der Waals surface area contributed by atoms with Gasteiger partial charge in [0.25, 0.3) is 5.91 Å². The minimum atomic E-state index is -0.816. The first-order valence-corrected chi connectivity index (χ1v) is 10.8. The Labute approximate surface area is 186 Å². The Hall–Kier alpha value is -3.54. The first-order chi connectivity index (χ1) is 15.3. The molecule has 1 saturated heterocycles. The molecule has 0 bridgehead atoms. The van der Waals surface area contributed by atoms with E-state index in [-0.39, 0.29) is 24.2 Å². The van der Waals surface area contributed by atoms with Gasteiger partial charge >= 0.3 is 0 Å². The molecule has 0 aliphatic carbocycles. The lowest BCUT2D eigenvalue weighted by molar-refractivity contribution is -0.125. The third-order valence-corrected chi connectivity index (χ3v) is 5.57. The normalized spacial score (nSPS) is 17.5. The van der Waals surface area contributed by atoms with E-state index in [1.165, 1.54) is 0 Å². The third-order valence-electron chi connectivity index (χ3n) is 5.57. The number of aromatic nitrogens is 1. The largest absolute Gasteiger partial charge is 0.496 e. The smallest absolute Gasteiger partial charge is 0.268 e. The van der Waals surface area contributed by atoms with Crippen molar-refractivity contribution in [2.45, 2.75) is 45.2 Å². The highest BCUT2D eigenvalue weighted by molar-refractivity contribution is 6.01. The lowest BCUT2D eigenvalue weighted by Crippen LogP contribution is -2.50. The molecule has 3 amide bonds. The molecule has 1 aromatic carbocycles. The summed E-state index contributed by atoms with van der Waals surface area (Å²) in [6.45, 7) is 4.48. The number of rotatable bonds is 9. The number of fused-ring (bicyclic) bond motifs is 1. The van der Waals surface area contributed by atoms with E-state index in [0.29, 0.717) is 30.8 Å². The highest BCUT2D eigenvalue weighted by atomic mass is 16.5. The molecule has 170 valence electrons. The van der Waals surface area contributed by atoms with Crippen LogP contribution in [-0.2, 0) is 9.59 Å². The highest BCUT2D eigenvalue weighted by Crippen LogP contribution is 2.26. The summed E-state index contributed by atoms with van der Waals surface area (Å²) in [5, 5.41) is 18.5. The van der Waals surface area contributed by atoms with Gasteiger partial charge in [0.2, 0.25) is 11.8 Å². The quantitative estimate of drug-likeness (QED) is 0.473. The monoisotopic (exact) mass is 439 g/mol. The Bertz CT molecular complexity index is 1040. The number of hydrogen-bond donors (Lipinski definition) is 4. The van der Waals surface area contributed by atoms with Crippen molar-refractivity contribution in [3.63, 3.8) is 0 Å². The highest BCUT2D eigenvalue weighted by Gasteiger charge is 2.30. The summed E-state index contributed by atoms with van der Waals surface area (Å²) in [7, 11) is 1.56. The fourth-order valence-electron chi connectivity index (χ4n) is 3.94. The molecule has 3 atom stereocenters. The molecule has 0 spiro atoms. The summed E-state index contributed by atoms with van der Waals surface area (Å²) in [5.74, 6) is -0.476. The van der Waals surface area contributed by atoms with Gasteiger partial charge in [-0.25, -0.2) is 0 Å². The van der Waals surface area contributed by atoms with Gasteiger partial charge in [0.05, 0.1) is 13.2 Å². The number of nitriles is 1. The maximum atomic E-state index is 12.9. The number of aromatic amines is 1. The summed E-state index contributed by atoms with van der Waals surface area (Å²) in [4.78, 5) is 40.7. The van der Waals surface area contributed by atoms with Crippen LogP contribution in [0.15, 0.2) is 24.3 Å². The molecule has 0 saturated carbocycles. The van der Waals surface area contributed by atoms with Crippen LogP contribution in [0, 0.1) is 23.2 Å². The Kier molecular flexibility index (Phi) is 7.36. The van der Waals surface area contributed by atoms with Crippen LogP contribution in [-0.4, -0.2) is 48.4 Å². The molecule has 3 rings (SSSR count). The summed E-state index contributed by atoms with van der Waals surface area (Å²) in [6, 6.07) is 7.59. The zero-order valence-electron chi connectivity index (χ0n) is 18.5. The number of carbonyl (C=O) groups excluding carboxylic acids is 3. The summed E-state index contributed by atoms with van der Waals surface area (Å²) in [5.41, 5.74) is 1.06. The van der Waals surface area contributed by atoms with E-state index < -0.39 is 23.9 Å². The minimum Gasteiger partial charge on any atom is -0.496 e. The first-order valence-electron chi connectivity index (χ1n) is 10.8. The second kappa shape index (κ2) is 10.2. The molecule has 2 aromatic rings. The average molecular weight is 440 g/mol. The summed E-state index contributed by atoms with van der Waals surface area (Å²) in [6.07, 6.45) is 1.30. The lowest BCUT2D eigenvalue weighted by Gasteiger charge is -2.22. The number of benzene rings is 1. The van der Waals surface area contributed by atoms with Crippen molar-refractivity contribution in [2.24, 2.45) is 11.8 Å². The van der Waals surface area contributed by atoms with Crippen LogP contribution in [0.25, 0.3) is 10.9 Å². The predicted octanol–water partition coefficient (Wildman–Crippen LogP) is 1.86. The molecule has 32 heavy (non-hydrogen) atoms. The molecule has 0 radical (unpaired) electrons. The number of nitrogens with one attached hydrogen (secondary N) is 4. The maximum absolute atomic E-state index is 12.9. The van der Waals surface area contributed by atoms with Crippen molar-refractivity contribution in [1.29, 1.82) is 5.26 Å². The number of methoxy groups -OCH3 is 1. The van der Waals surface area contributed by atoms with Crippen molar-refractivity contribution in [2.75, 3.05) is 13.7 Å². The Morgan fingerprint density at radius 2 is 2.09 bits per heavy atom. The molecule has 9 heteroatoms. The second-order valence-electron chi connectivity index (χ2n) is 8.46. The molecular formula is C23H29N5O4. The van der Waals surface area contributed by atoms with Gasteiger partial charge in [0.1, 0.15) is 23.5 Å². The van der Waals surface area contributed by atoms with E-state index >= 15 is 0 Å². The number of carbonyl (C=O) groups is 3. The molecule has 4 N–H and O–H groups in total. The van der Waals surface area contributed by atoms with Crippen LogP contribution in [0.3, 0.4) is 0 Å². The first kappa shape index (κ1) is 23.1. The van der Waals surface area contributed by atoms with Crippen LogP contribution >= 0.6 is 0 Å². The molecule has 2 heterocycles. The lowest BCUT2D eigenvalue weighted by atomic mass is 9.98. The number of amides is 3. The van der Waals surface area contributed by atoms with Gasteiger partial charge in [-0.05, 0) is 43.4 Å². The van der Waals surface area contributed by atoms with Crippen molar-refractivity contribution in [1.82, 2.24) is 20.9 Å². The van der Waals surface area contributed by atoms with Gasteiger partial charge in [0, 0.05) is 23.4 Å². The van der Waals surface area contributed by atoms with E-state index in [4.69, 9.17) is 4.74 Å². The standard InChI is InChI=1S/C23H29N5O4/c1-13(2)9-18(22(30)26-15(12-24)10-14-7-8-25-21(14)29)28-23(31)19-11-16-17(27-19)5-4-6-20(16)32-3/h4-6,11,13-15,18,27H,7-10H2,1-3H3,(H,25,29)(H,26,30)(H,28,31)/t14-,15-,18-/m0/s1. The Morgan fingerprint density at radius 1 is 1.31 bits per heavy atom. The van der Waals surface area contributed by atoms with E-state index in [0.717, 1.165) is 10.9 Å². The number of nitrogens with zero attached hydrogens (tertiary/aromatic N) is 1. The predicted molar refractivity (Wildman–Crippen MR) is 119 cm³/mol. The molecule has 1 fully saturated rings. The van der Waals surface area contributed by atoms with Gasteiger partial charge < -0.3 is 25.7 Å². The zero-order valence-corrected chi connectivity index (χ0v) is 18.5. The molecule has 1 aliphatic rings. The van der Waals surface area contributed by atoms with Crippen molar-refractivity contribution >= 4 is 28.6 Å². The Morgan fingerprint density at radius 3 is 2.72 bits per heavy atom. The van der Waals surface area contributed by atoms with Gasteiger partial charge in [-0.15, -0.1) is 0 Å². The van der Waals surface area contributed by atoms with Crippen molar-refractivity contribution in [3.05, 3.63) is 30.0 Å². The van der Waals surface area contributed by atoms with E-state index in [1.807, 2.05) is 26.0 Å². The second-order valence-corrected chi connectivity index (χ2v) is 8.46. The van der Waals surface area contributed by atoms with Crippen LogP contribution in [0.5, 0.6) is 5.75 Å². The van der Waals surface area contributed by atoms with Crippen LogP contribution in [0.4, 0.5) is 0 Å². The number of hydrogen-bond acceptors (Lipinski definition) is 5. The van der Waals surface area contributed by atoms with Gasteiger partial charge in [-0.2, -0.15) is 5.26 Å². The topological polar surface area (TPSA) is 136 Å². The fourth-order valence-corrected chi connectivity index (χ4v) is 3.94. The van der Waals surface area contributed by atoms with Crippen LogP contribution in [0.1, 0.15) is 43.6 Å². The summed E-state index contributed by atoms with van der Waals surface area (Å²) >= 11 is 0. The molecular weight excluding hydrogens is 410 g/mol. The van der Waals surface area contributed by atoms with E-state index in [2.05, 4.69) is 27.0 Å². The summed E-state index contributed by atoms with van der Waals surface area (Å²) < 4.78 is 5.34.